The number of hydrazone groups is 1. The summed E-state index contributed by atoms with van der Waals surface area (Å²) < 4.78 is 11.5. The summed E-state index contributed by atoms with van der Waals surface area (Å²) in [4.78, 5) is 12.0. The average Bonchev–Trinajstić information content (AvgIpc) is 2.79. The number of nitrogens with one attached hydrogen (secondary N) is 1. The Morgan fingerprint density at radius 1 is 1.43 bits per heavy atom. The van der Waals surface area contributed by atoms with Crippen molar-refractivity contribution < 1.29 is 13.9 Å². The number of aryl methyl sites for hydroxylation is 1. The zero-order valence-electron chi connectivity index (χ0n) is 11.7. The predicted octanol–water partition coefficient (Wildman–Crippen LogP) is 3.19. The molecule has 2 rings (SSSR count). The molecular formula is C15H15BrN2O3. The van der Waals surface area contributed by atoms with Crippen LogP contribution >= 0.6 is 15.9 Å². The monoisotopic (exact) mass is 350 g/mol. The second kappa shape index (κ2) is 7.19. The lowest BCUT2D eigenvalue weighted by molar-refractivity contribution is -0.131. The van der Waals surface area contributed by atoms with Gasteiger partial charge < -0.3 is 9.15 Å². The third-order valence-electron chi connectivity index (χ3n) is 2.82. The Morgan fingerprint density at radius 3 is 2.71 bits per heavy atom. The highest BCUT2D eigenvalue weighted by molar-refractivity contribution is 9.10. The summed E-state index contributed by atoms with van der Waals surface area (Å²) in [6, 6.07) is 11.0. The number of ether oxygens (including phenoxy) is 1. The predicted molar refractivity (Wildman–Crippen MR) is 83.1 cm³/mol. The molecule has 2 aromatic rings. The first-order valence-electron chi connectivity index (χ1n) is 6.28. The Morgan fingerprint density at radius 2 is 2.14 bits per heavy atom. The van der Waals surface area contributed by atoms with E-state index in [1.54, 1.807) is 6.07 Å². The summed E-state index contributed by atoms with van der Waals surface area (Å²) in [6.45, 7) is 1.83. The fraction of sp³-hybridized carbons (Fsp3) is 0.200. The third kappa shape index (κ3) is 4.03. The highest BCUT2D eigenvalue weighted by atomic mass is 79.9. The molecule has 0 aliphatic carbocycles. The topological polar surface area (TPSA) is 63.8 Å². The van der Waals surface area contributed by atoms with Gasteiger partial charge in [0.05, 0.1) is 10.7 Å². The first kappa shape index (κ1) is 15.5. The number of carbonyl (C=O) groups excluding carboxylic acids is 1. The molecule has 0 fully saturated rings. The van der Waals surface area contributed by atoms with Crippen molar-refractivity contribution in [3.05, 3.63) is 58.0 Å². The van der Waals surface area contributed by atoms with E-state index in [1.807, 2.05) is 37.3 Å². The van der Waals surface area contributed by atoms with Crippen LogP contribution in [0.4, 0.5) is 0 Å². The number of rotatable bonds is 5. The quantitative estimate of drug-likeness (QED) is 0.665. The van der Waals surface area contributed by atoms with Gasteiger partial charge in [0.15, 0.2) is 6.10 Å². The van der Waals surface area contributed by atoms with E-state index in [2.05, 4.69) is 26.5 Å². The van der Waals surface area contributed by atoms with Crippen LogP contribution in [0.2, 0.25) is 0 Å². The van der Waals surface area contributed by atoms with Gasteiger partial charge in [-0.3, -0.25) is 4.79 Å². The number of furan rings is 1. The second-order valence-electron chi connectivity index (χ2n) is 4.31. The van der Waals surface area contributed by atoms with Gasteiger partial charge in [0, 0.05) is 13.2 Å². The maximum atomic E-state index is 12.0. The van der Waals surface area contributed by atoms with E-state index >= 15 is 0 Å². The number of nitrogens with zero attached hydrogens (tertiary/aromatic N) is 1. The molecule has 1 atom stereocenters. The first-order chi connectivity index (χ1) is 10.1. The van der Waals surface area contributed by atoms with Crippen LogP contribution in [0, 0.1) is 6.92 Å². The van der Waals surface area contributed by atoms with Crippen LogP contribution in [0.15, 0.2) is 50.4 Å². The molecule has 0 bridgehead atoms. The van der Waals surface area contributed by atoms with E-state index in [0.717, 1.165) is 15.8 Å². The third-order valence-corrected chi connectivity index (χ3v) is 3.61. The number of amides is 1. The van der Waals surface area contributed by atoms with Crippen LogP contribution in [0.1, 0.15) is 23.2 Å². The number of methoxy groups -OCH3 is 1. The summed E-state index contributed by atoms with van der Waals surface area (Å²) in [5.74, 6) is 0.956. The van der Waals surface area contributed by atoms with Gasteiger partial charge in [-0.25, -0.2) is 5.43 Å². The number of carbonyl (C=O) groups is 1. The largest absolute Gasteiger partial charge is 0.459 e. The Hall–Kier alpha value is -1.92. The maximum absolute atomic E-state index is 12.0. The van der Waals surface area contributed by atoms with Gasteiger partial charge in [-0.05, 0) is 28.4 Å². The van der Waals surface area contributed by atoms with Crippen molar-refractivity contribution >= 4 is 28.1 Å². The van der Waals surface area contributed by atoms with Crippen LogP contribution in [-0.4, -0.2) is 19.2 Å². The normalized spacial score (nSPS) is 12.5. The van der Waals surface area contributed by atoms with E-state index in [-0.39, 0.29) is 5.91 Å². The summed E-state index contributed by atoms with van der Waals surface area (Å²) in [6.07, 6.45) is 0.737. The van der Waals surface area contributed by atoms with E-state index in [4.69, 9.17) is 9.15 Å². The fourth-order valence-corrected chi connectivity index (χ4v) is 2.09. The molecule has 1 heterocycles. The molecular weight excluding hydrogens is 336 g/mol. The van der Waals surface area contributed by atoms with Crippen molar-refractivity contribution in [2.24, 2.45) is 5.10 Å². The SMILES string of the molecule is COC(C(=O)N/N=C\c1cc(Br)c(C)o1)c1ccccc1. The number of hydrogen-bond donors (Lipinski definition) is 1. The molecule has 0 saturated carbocycles. The van der Waals surface area contributed by atoms with Gasteiger partial charge in [0.25, 0.3) is 5.91 Å². The van der Waals surface area contributed by atoms with Crippen molar-refractivity contribution in [2.45, 2.75) is 13.0 Å². The molecule has 5 nitrogen and oxygen atoms in total. The smallest absolute Gasteiger partial charge is 0.273 e. The summed E-state index contributed by atoms with van der Waals surface area (Å²) >= 11 is 3.34. The Bertz CT molecular complexity index is 618. The molecule has 1 N–H and O–H groups in total. The summed E-state index contributed by atoms with van der Waals surface area (Å²) in [5.41, 5.74) is 3.21. The lowest BCUT2D eigenvalue weighted by Crippen LogP contribution is -2.26. The number of hydrogen-bond acceptors (Lipinski definition) is 4. The second-order valence-corrected chi connectivity index (χ2v) is 5.17. The highest BCUT2D eigenvalue weighted by Crippen LogP contribution is 2.19. The van der Waals surface area contributed by atoms with Gasteiger partial charge in [0.1, 0.15) is 11.5 Å². The Balaban J connectivity index is 2.00. The van der Waals surface area contributed by atoms with Crippen molar-refractivity contribution in [2.75, 3.05) is 7.11 Å². The van der Waals surface area contributed by atoms with Crippen molar-refractivity contribution in [1.29, 1.82) is 0 Å². The molecule has 0 aliphatic rings. The standard InChI is InChI=1S/C15H15BrN2O3/c1-10-13(16)8-12(21-10)9-17-18-15(19)14(20-2)11-6-4-3-5-7-11/h3-9,14H,1-2H3,(H,18,19)/b17-9-. The van der Waals surface area contributed by atoms with Crippen LogP contribution < -0.4 is 5.43 Å². The van der Waals surface area contributed by atoms with E-state index in [1.165, 1.54) is 13.3 Å². The molecule has 1 aromatic heterocycles. The zero-order chi connectivity index (χ0) is 15.2. The molecule has 0 radical (unpaired) electrons. The molecule has 0 spiro atoms. The first-order valence-corrected chi connectivity index (χ1v) is 7.07. The Kier molecular flexibility index (Phi) is 5.30. The van der Waals surface area contributed by atoms with Gasteiger partial charge >= 0.3 is 0 Å². The highest BCUT2D eigenvalue weighted by Gasteiger charge is 2.19. The van der Waals surface area contributed by atoms with E-state index < -0.39 is 6.10 Å². The lowest BCUT2D eigenvalue weighted by atomic mass is 10.1. The molecule has 21 heavy (non-hydrogen) atoms. The van der Waals surface area contributed by atoms with Crippen LogP contribution in [0.5, 0.6) is 0 Å². The van der Waals surface area contributed by atoms with Gasteiger partial charge in [-0.2, -0.15) is 5.10 Å². The Labute approximate surface area is 131 Å². The van der Waals surface area contributed by atoms with Crippen molar-refractivity contribution in [1.82, 2.24) is 5.43 Å². The number of benzene rings is 1. The summed E-state index contributed by atoms with van der Waals surface area (Å²) in [5, 5.41) is 3.87. The van der Waals surface area contributed by atoms with Gasteiger partial charge in [0.2, 0.25) is 0 Å². The maximum Gasteiger partial charge on any atom is 0.273 e. The molecule has 1 amide bonds. The van der Waals surface area contributed by atoms with Gasteiger partial charge in [-0.15, -0.1) is 0 Å². The molecule has 1 aromatic carbocycles. The fourth-order valence-electron chi connectivity index (χ4n) is 1.79. The number of halogens is 1. The minimum absolute atomic E-state index is 0.345. The van der Waals surface area contributed by atoms with Crippen LogP contribution in [0.3, 0.4) is 0 Å². The molecule has 0 aliphatic heterocycles. The lowest BCUT2D eigenvalue weighted by Gasteiger charge is -2.13. The van der Waals surface area contributed by atoms with Crippen LogP contribution in [-0.2, 0) is 9.53 Å². The zero-order valence-corrected chi connectivity index (χ0v) is 13.3. The van der Waals surface area contributed by atoms with E-state index in [9.17, 15) is 4.79 Å². The van der Waals surface area contributed by atoms with Crippen molar-refractivity contribution in [3.63, 3.8) is 0 Å². The molecule has 110 valence electrons. The van der Waals surface area contributed by atoms with Crippen LogP contribution in [0.25, 0.3) is 0 Å². The van der Waals surface area contributed by atoms with Crippen molar-refractivity contribution in [3.8, 4) is 0 Å². The van der Waals surface area contributed by atoms with E-state index in [0.29, 0.717) is 5.76 Å². The molecule has 0 saturated heterocycles. The molecule has 6 heteroatoms. The van der Waals surface area contributed by atoms with Gasteiger partial charge in [-0.1, -0.05) is 30.3 Å². The molecule has 1 unspecified atom stereocenters. The minimum atomic E-state index is -0.701. The summed E-state index contributed by atoms with van der Waals surface area (Å²) in [7, 11) is 1.48. The minimum Gasteiger partial charge on any atom is -0.459 e. The average molecular weight is 351 g/mol.